The zero-order chi connectivity index (χ0) is 22.0. The Morgan fingerprint density at radius 3 is 2.77 bits per heavy atom. The van der Waals surface area contributed by atoms with Crippen LogP contribution in [0.15, 0.2) is 42.7 Å². The van der Waals surface area contributed by atoms with Gasteiger partial charge in [0.2, 0.25) is 5.91 Å². The van der Waals surface area contributed by atoms with E-state index in [1.807, 2.05) is 58.9 Å². The summed E-state index contributed by atoms with van der Waals surface area (Å²) in [6.45, 7) is 1.98. The van der Waals surface area contributed by atoms with E-state index in [2.05, 4.69) is 9.97 Å². The van der Waals surface area contributed by atoms with Gasteiger partial charge in [-0.3, -0.25) is 4.79 Å². The number of nitrogens with zero attached hydrogens (tertiary/aromatic N) is 6. The van der Waals surface area contributed by atoms with Crippen molar-refractivity contribution in [2.24, 2.45) is 0 Å². The minimum Gasteiger partial charge on any atom is -0.497 e. The molecule has 2 N–H and O–H groups in total. The molecule has 31 heavy (non-hydrogen) atoms. The molecule has 1 aliphatic heterocycles. The molecular weight excluding hydrogens is 394 g/mol. The van der Waals surface area contributed by atoms with Crippen LogP contribution in [-0.4, -0.2) is 76.3 Å². The number of carbonyl (C=O) groups excluding carboxylic acids is 1. The van der Waals surface area contributed by atoms with Gasteiger partial charge in [-0.2, -0.15) is 5.10 Å². The maximum Gasteiger partial charge on any atom is 0.246 e. The molecule has 1 fully saturated rings. The molecule has 0 saturated carbocycles. The largest absolute Gasteiger partial charge is 0.497 e. The molecule has 1 aliphatic rings. The van der Waals surface area contributed by atoms with Crippen LogP contribution in [0.4, 0.5) is 5.82 Å². The number of nitrogens with two attached hydrogens (primary N) is 1. The van der Waals surface area contributed by atoms with Gasteiger partial charge in [0.1, 0.15) is 23.6 Å². The average Bonchev–Trinajstić information content (AvgIpc) is 3.39. The van der Waals surface area contributed by atoms with Gasteiger partial charge in [0.05, 0.1) is 18.5 Å². The Balaban J connectivity index is 1.63. The van der Waals surface area contributed by atoms with Gasteiger partial charge in [0.15, 0.2) is 5.65 Å². The Bertz CT molecular complexity index is 1100. The molecule has 0 radical (unpaired) electrons. The van der Waals surface area contributed by atoms with Crippen molar-refractivity contribution >= 4 is 22.8 Å². The topological polar surface area (TPSA) is 102 Å². The molecule has 1 atom stereocenters. The van der Waals surface area contributed by atoms with Crippen LogP contribution in [0.25, 0.3) is 22.3 Å². The summed E-state index contributed by atoms with van der Waals surface area (Å²) in [4.78, 5) is 25.0. The van der Waals surface area contributed by atoms with E-state index in [0.717, 1.165) is 35.4 Å². The van der Waals surface area contributed by atoms with Crippen LogP contribution in [0.2, 0.25) is 0 Å². The van der Waals surface area contributed by atoms with Gasteiger partial charge in [-0.1, -0.05) is 6.08 Å². The molecule has 0 spiro atoms. The molecule has 1 amide bonds. The van der Waals surface area contributed by atoms with Crippen molar-refractivity contribution in [1.82, 2.24) is 29.5 Å². The highest BCUT2D eigenvalue weighted by Gasteiger charge is 2.30. The Labute approximate surface area is 181 Å². The SMILES string of the molecule is COc1ccc(-c2nn([C@@H]3CCN(C(=O)/C=C/CN(C)C)C3)c3ncnc(N)c23)cc1. The number of amides is 1. The van der Waals surface area contributed by atoms with Crippen molar-refractivity contribution in [3.63, 3.8) is 0 Å². The summed E-state index contributed by atoms with van der Waals surface area (Å²) >= 11 is 0. The summed E-state index contributed by atoms with van der Waals surface area (Å²) in [5, 5.41) is 5.59. The van der Waals surface area contributed by atoms with Crippen LogP contribution in [0.3, 0.4) is 0 Å². The standard InChI is InChI=1S/C22H27N7O2/c1-27(2)11-4-5-18(30)28-12-10-16(13-28)29-22-19(21(23)24-14-25-22)20(26-29)15-6-8-17(31-3)9-7-15/h4-9,14,16H,10-13H2,1-3H3,(H2,23,24,25)/b5-4+/t16-/m1/s1. The third-order valence-corrected chi connectivity index (χ3v) is 5.43. The molecule has 3 aromatic rings. The van der Waals surface area contributed by atoms with Crippen molar-refractivity contribution in [2.45, 2.75) is 12.5 Å². The van der Waals surface area contributed by atoms with Gasteiger partial charge < -0.3 is 20.3 Å². The first-order valence-electron chi connectivity index (χ1n) is 10.2. The number of aromatic nitrogens is 4. The number of fused-ring (bicyclic) bond motifs is 1. The molecule has 9 heteroatoms. The fraction of sp³-hybridized carbons (Fsp3) is 0.364. The van der Waals surface area contributed by atoms with Crippen molar-refractivity contribution in [1.29, 1.82) is 0 Å². The van der Waals surface area contributed by atoms with Gasteiger partial charge in [-0.25, -0.2) is 14.6 Å². The molecule has 1 saturated heterocycles. The number of nitrogen functional groups attached to an aromatic ring is 1. The lowest BCUT2D eigenvalue weighted by molar-refractivity contribution is -0.125. The number of ether oxygens (including phenoxy) is 1. The van der Waals surface area contributed by atoms with Crippen LogP contribution in [0.1, 0.15) is 12.5 Å². The van der Waals surface area contributed by atoms with Crippen molar-refractivity contribution in [2.75, 3.05) is 46.6 Å². The predicted molar refractivity (Wildman–Crippen MR) is 120 cm³/mol. The van der Waals surface area contributed by atoms with E-state index < -0.39 is 0 Å². The maximum absolute atomic E-state index is 12.5. The minimum atomic E-state index is 0.0188. The predicted octanol–water partition coefficient (Wildman–Crippen LogP) is 1.98. The summed E-state index contributed by atoms with van der Waals surface area (Å²) < 4.78 is 7.15. The second kappa shape index (κ2) is 8.73. The Kier molecular flexibility index (Phi) is 5.85. The van der Waals surface area contributed by atoms with E-state index in [1.54, 1.807) is 13.2 Å². The van der Waals surface area contributed by atoms with Crippen LogP contribution in [-0.2, 0) is 4.79 Å². The Hall–Kier alpha value is -3.46. The second-order valence-corrected chi connectivity index (χ2v) is 7.87. The van der Waals surface area contributed by atoms with E-state index in [0.29, 0.717) is 24.6 Å². The fourth-order valence-electron chi connectivity index (χ4n) is 3.81. The highest BCUT2D eigenvalue weighted by atomic mass is 16.5. The number of carbonyl (C=O) groups is 1. The molecule has 0 aliphatic carbocycles. The zero-order valence-electron chi connectivity index (χ0n) is 18.0. The first-order valence-corrected chi connectivity index (χ1v) is 10.2. The summed E-state index contributed by atoms with van der Waals surface area (Å²) in [5.74, 6) is 1.17. The summed E-state index contributed by atoms with van der Waals surface area (Å²) in [5.41, 5.74) is 8.53. The summed E-state index contributed by atoms with van der Waals surface area (Å²) in [6.07, 6.45) is 5.78. The molecule has 0 unspecified atom stereocenters. The van der Waals surface area contributed by atoms with E-state index in [4.69, 9.17) is 15.6 Å². The quantitative estimate of drug-likeness (QED) is 0.607. The number of benzene rings is 1. The average molecular weight is 422 g/mol. The monoisotopic (exact) mass is 421 g/mol. The Morgan fingerprint density at radius 1 is 1.29 bits per heavy atom. The fourth-order valence-corrected chi connectivity index (χ4v) is 3.81. The van der Waals surface area contributed by atoms with Gasteiger partial charge in [-0.05, 0) is 44.8 Å². The first kappa shape index (κ1) is 20.8. The van der Waals surface area contributed by atoms with Gasteiger partial charge in [-0.15, -0.1) is 0 Å². The number of anilines is 1. The van der Waals surface area contributed by atoms with E-state index in [9.17, 15) is 4.79 Å². The highest BCUT2D eigenvalue weighted by Crippen LogP contribution is 2.34. The van der Waals surface area contributed by atoms with Crippen LogP contribution in [0.5, 0.6) is 5.75 Å². The lowest BCUT2D eigenvalue weighted by atomic mass is 10.1. The Morgan fingerprint density at radius 2 is 2.06 bits per heavy atom. The molecule has 2 aromatic heterocycles. The van der Waals surface area contributed by atoms with E-state index in [1.165, 1.54) is 6.33 Å². The van der Waals surface area contributed by atoms with Crippen molar-refractivity contribution in [3.8, 4) is 17.0 Å². The number of hydrogen-bond donors (Lipinski definition) is 1. The van der Waals surface area contributed by atoms with Crippen molar-refractivity contribution < 1.29 is 9.53 Å². The van der Waals surface area contributed by atoms with E-state index >= 15 is 0 Å². The van der Waals surface area contributed by atoms with Crippen LogP contribution < -0.4 is 10.5 Å². The highest BCUT2D eigenvalue weighted by molar-refractivity contribution is 5.98. The second-order valence-electron chi connectivity index (χ2n) is 7.87. The lowest BCUT2D eigenvalue weighted by Crippen LogP contribution is -2.28. The summed E-state index contributed by atoms with van der Waals surface area (Å²) in [6, 6.07) is 7.68. The minimum absolute atomic E-state index is 0.0188. The number of rotatable bonds is 6. The van der Waals surface area contributed by atoms with Gasteiger partial charge >= 0.3 is 0 Å². The normalized spacial score (nSPS) is 16.6. The molecular formula is C22H27N7O2. The maximum atomic E-state index is 12.5. The molecule has 4 rings (SSSR count). The van der Waals surface area contributed by atoms with Gasteiger partial charge in [0.25, 0.3) is 0 Å². The third kappa shape index (κ3) is 4.22. The number of hydrogen-bond acceptors (Lipinski definition) is 7. The molecule has 162 valence electrons. The van der Waals surface area contributed by atoms with E-state index in [-0.39, 0.29) is 11.9 Å². The van der Waals surface area contributed by atoms with Crippen LogP contribution in [0, 0.1) is 0 Å². The van der Waals surface area contributed by atoms with Crippen molar-refractivity contribution in [3.05, 3.63) is 42.7 Å². The zero-order valence-corrected chi connectivity index (χ0v) is 18.0. The number of likely N-dealkylation sites (tertiary alicyclic amines) is 1. The first-order chi connectivity index (χ1) is 15.0. The molecule has 3 heterocycles. The lowest BCUT2D eigenvalue weighted by Gasteiger charge is -2.15. The molecule has 0 bridgehead atoms. The number of likely N-dealkylation sites (N-methyl/N-ethyl adjacent to an activating group) is 1. The third-order valence-electron chi connectivity index (χ3n) is 5.43. The smallest absolute Gasteiger partial charge is 0.246 e. The summed E-state index contributed by atoms with van der Waals surface area (Å²) in [7, 11) is 5.57. The van der Waals surface area contributed by atoms with Crippen LogP contribution >= 0.6 is 0 Å². The molecule has 1 aromatic carbocycles. The molecule has 9 nitrogen and oxygen atoms in total. The number of methoxy groups -OCH3 is 1. The van der Waals surface area contributed by atoms with Gasteiger partial charge in [0, 0.05) is 31.3 Å².